The van der Waals surface area contributed by atoms with Crippen LogP contribution in [0.15, 0.2) is 36.7 Å². The first-order valence-electron chi connectivity index (χ1n) is 10.5. The molecule has 164 valence electrons. The molecule has 1 unspecified atom stereocenters. The molecule has 1 saturated heterocycles. The number of ether oxygens (including phenoxy) is 2. The normalized spacial score (nSPS) is 16.3. The number of carbonyl (C=O) groups excluding carboxylic acids is 1. The van der Waals surface area contributed by atoms with Crippen molar-refractivity contribution < 1.29 is 19.4 Å². The SMILES string of the molecule is COC(=O)C1CCN(CC(O)COc2ccc(CNCCc3cn[nH]c3)cc2)CC1. The molecule has 1 atom stereocenters. The third kappa shape index (κ3) is 7.12. The molecule has 3 N–H and O–H groups in total. The maximum absolute atomic E-state index is 11.6. The molecule has 0 amide bonds. The van der Waals surface area contributed by atoms with Gasteiger partial charge >= 0.3 is 5.97 Å². The number of likely N-dealkylation sites (tertiary alicyclic amines) is 1. The molecule has 2 aromatic rings. The average molecular weight is 417 g/mol. The number of nitrogens with zero attached hydrogens (tertiary/aromatic N) is 2. The number of rotatable bonds is 11. The number of β-amino-alcohol motifs (C(OH)–C–C–N with tert-alkyl or cyclic N) is 1. The second-order valence-electron chi connectivity index (χ2n) is 7.74. The predicted molar refractivity (Wildman–Crippen MR) is 113 cm³/mol. The lowest BCUT2D eigenvalue weighted by Gasteiger charge is -2.31. The standard InChI is InChI=1S/C22H32N4O4/c1-29-22(28)19-7-10-26(11-8-19)15-20(27)16-30-21-4-2-17(3-5-21)12-23-9-6-18-13-24-25-14-18/h2-5,13-14,19-20,23,27H,6-12,15-16H2,1H3,(H,24,25). The molecule has 0 spiro atoms. The lowest BCUT2D eigenvalue weighted by Crippen LogP contribution is -2.42. The summed E-state index contributed by atoms with van der Waals surface area (Å²) in [6, 6.07) is 7.93. The fourth-order valence-electron chi connectivity index (χ4n) is 3.64. The maximum atomic E-state index is 11.6. The van der Waals surface area contributed by atoms with Gasteiger partial charge in [0.05, 0.1) is 19.2 Å². The van der Waals surface area contributed by atoms with Crippen LogP contribution in [0, 0.1) is 5.92 Å². The van der Waals surface area contributed by atoms with E-state index in [-0.39, 0.29) is 18.5 Å². The molecular formula is C22H32N4O4. The fourth-order valence-corrected chi connectivity index (χ4v) is 3.64. The van der Waals surface area contributed by atoms with Gasteiger partial charge in [-0.05, 0) is 62.2 Å². The van der Waals surface area contributed by atoms with Crippen molar-refractivity contribution in [2.45, 2.75) is 31.9 Å². The van der Waals surface area contributed by atoms with Gasteiger partial charge in [0, 0.05) is 19.3 Å². The van der Waals surface area contributed by atoms with E-state index in [1.54, 1.807) is 0 Å². The smallest absolute Gasteiger partial charge is 0.308 e. The highest BCUT2D eigenvalue weighted by Crippen LogP contribution is 2.19. The van der Waals surface area contributed by atoms with E-state index in [1.807, 2.05) is 36.7 Å². The molecule has 0 saturated carbocycles. The first kappa shape index (κ1) is 22.3. The third-order valence-electron chi connectivity index (χ3n) is 5.43. The number of hydrogen-bond acceptors (Lipinski definition) is 7. The summed E-state index contributed by atoms with van der Waals surface area (Å²) < 4.78 is 10.5. The number of benzene rings is 1. The van der Waals surface area contributed by atoms with E-state index in [4.69, 9.17) is 9.47 Å². The number of nitrogens with one attached hydrogen (secondary N) is 2. The molecule has 0 bridgehead atoms. The Kier molecular flexibility index (Phi) is 8.67. The summed E-state index contributed by atoms with van der Waals surface area (Å²) in [6.07, 6.45) is 5.68. The Hall–Kier alpha value is -2.42. The lowest BCUT2D eigenvalue weighted by molar-refractivity contribution is -0.147. The van der Waals surface area contributed by atoms with Gasteiger partial charge in [0.25, 0.3) is 0 Å². The predicted octanol–water partition coefficient (Wildman–Crippen LogP) is 1.37. The van der Waals surface area contributed by atoms with Crippen LogP contribution in [0.1, 0.15) is 24.0 Å². The molecule has 8 nitrogen and oxygen atoms in total. The monoisotopic (exact) mass is 416 g/mol. The summed E-state index contributed by atoms with van der Waals surface area (Å²) in [5, 5.41) is 20.5. The topological polar surface area (TPSA) is 99.7 Å². The maximum Gasteiger partial charge on any atom is 0.308 e. The number of methoxy groups -OCH3 is 1. The van der Waals surface area contributed by atoms with E-state index < -0.39 is 6.10 Å². The zero-order valence-electron chi connectivity index (χ0n) is 17.5. The van der Waals surface area contributed by atoms with E-state index in [0.29, 0.717) is 6.54 Å². The van der Waals surface area contributed by atoms with Gasteiger partial charge in [0.2, 0.25) is 0 Å². The molecule has 3 rings (SSSR count). The van der Waals surface area contributed by atoms with Crippen LogP contribution < -0.4 is 10.1 Å². The fraction of sp³-hybridized carbons (Fsp3) is 0.545. The summed E-state index contributed by atoms with van der Waals surface area (Å²) in [5.41, 5.74) is 2.38. The van der Waals surface area contributed by atoms with Crippen molar-refractivity contribution in [2.24, 2.45) is 5.92 Å². The van der Waals surface area contributed by atoms with Crippen molar-refractivity contribution in [3.05, 3.63) is 47.8 Å². The number of H-pyrrole nitrogens is 1. The Morgan fingerprint density at radius 2 is 2.07 bits per heavy atom. The zero-order chi connectivity index (χ0) is 21.2. The van der Waals surface area contributed by atoms with Gasteiger partial charge in [0.15, 0.2) is 0 Å². The summed E-state index contributed by atoms with van der Waals surface area (Å²) in [7, 11) is 1.43. The van der Waals surface area contributed by atoms with Crippen LogP contribution >= 0.6 is 0 Å². The second-order valence-corrected chi connectivity index (χ2v) is 7.74. The van der Waals surface area contributed by atoms with E-state index >= 15 is 0 Å². The van der Waals surface area contributed by atoms with Gasteiger partial charge in [-0.2, -0.15) is 5.10 Å². The van der Waals surface area contributed by atoms with Gasteiger partial charge in [-0.1, -0.05) is 12.1 Å². The largest absolute Gasteiger partial charge is 0.491 e. The van der Waals surface area contributed by atoms with Crippen molar-refractivity contribution in [1.82, 2.24) is 20.4 Å². The highest BCUT2D eigenvalue weighted by Gasteiger charge is 2.26. The van der Waals surface area contributed by atoms with Gasteiger partial charge in [0.1, 0.15) is 18.5 Å². The second kappa shape index (κ2) is 11.7. The Bertz CT molecular complexity index is 743. The van der Waals surface area contributed by atoms with Crippen LogP contribution in [0.25, 0.3) is 0 Å². The molecule has 1 aliphatic rings. The van der Waals surface area contributed by atoms with Crippen LogP contribution in [-0.2, 0) is 22.5 Å². The Morgan fingerprint density at radius 1 is 1.30 bits per heavy atom. The first-order chi connectivity index (χ1) is 14.6. The summed E-state index contributed by atoms with van der Waals surface area (Å²) in [5.74, 6) is 0.606. The Labute approximate surface area is 177 Å². The average Bonchev–Trinajstić information content (AvgIpc) is 3.30. The van der Waals surface area contributed by atoms with Crippen molar-refractivity contribution in [3.8, 4) is 5.75 Å². The van der Waals surface area contributed by atoms with Crippen LogP contribution in [0.4, 0.5) is 0 Å². The van der Waals surface area contributed by atoms with Crippen molar-refractivity contribution in [2.75, 3.05) is 39.9 Å². The number of piperidine rings is 1. The van der Waals surface area contributed by atoms with Crippen LogP contribution in [0.2, 0.25) is 0 Å². The van der Waals surface area contributed by atoms with Gasteiger partial charge in [-0.3, -0.25) is 9.89 Å². The third-order valence-corrected chi connectivity index (χ3v) is 5.43. The minimum Gasteiger partial charge on any atom is -0.491 e. The lowest BCUT2D eigenvalue weighted by atomic mass is 9.97. The first-order valence-corrected chi connectivity index (χ1v) is 10.5. The highest BCUT2D eigenvalue weighted by molar-refractivity contribution is 5.72. The van der Waals surface area contributed by atoms with Gasteiger partial charge in [-0.25, -0.2) is 0 Å². The molecule has 0 radical (unpaired) electrons. The molecule has 8 heteroatoms. The van der Waals surface area contributed by atoms with Crippen LogP contribution in [0.3, 0.4) is 0 Å². The summed E-state index contributed by atoms with van der Waals surface area (Å²) >= 11 is 0. The van der Waals surface area contributed by atoms with E-state index in [2.05, 4.69) is 20.4 Å². The number of hydrogen-bond donors (Lipinski definition) is 3. The molecule has 1 aromatic carbocycles. The Balaban J connectivity index is 1.30. The molecule has 30 heavy (non-hydrogen) atoms. The minimum atomic E-state index is -0.566. The van der Waals surface area contributed by atoms with Crippen LogP contribution in [-0.4, -0.2) is 72.2 Å². The van der Waals surface area contributed by atoms with Gasteiger partial charge < -0.3 is 24.8 Å². The molecule has 1 fully saturated rings. The number of carbonyl (C=O) groups is 1. The van der Waals surface area contributed by atoms with Crippen molar-refractivity contribution in [1.29, 1.82) is 0 Å². The number of aliphatic hydroxyl groups is 1. The number of esters is 1. The number of aromatic amines is 1. The summed E-state index contributed by atoms with van der Waals surface area (Å²) in [4.78, 5) is 13.8. The molecular weight excluding hydrogens is 384 g/mol. The van der Waals surface area contributed by atoms with Crippen molar-refractivity contribution in [3.63, 3.8) is 0 Å². The molecule has 1 aliphatic heterocycles. The Morgan fingerprint density at radius 3 is 2.73 bits per heavy atom. The van der Waals surface area contributed by atoms with E-state index in [0.717, 1.165) is 51.2 Å². The molecule has 1 aromatic heterocycles. The number of aromatic nitrogens is 2. The zero-order valence-corrected chi connectivity index (χ0v) is 17.5. The molecule has 0 aliphatic carbocycles. The number of aliphatic hydroxyl groups excluding tert-OH is 1. The van der Waals surface area contributed by atoms with E-state index in [9.17, 15) is 9.90 Å². The quantitative estimate of drug-likeness (QED) is 0.376. The molecule has 2 heterocycles. The highest BCUT2D eigenvalue weighted by atomic mass is 16.5. The van der Waals surface area contributed by atoms with Crippen LogP contribution in [0.5, 0.6) is 5.75 Å². The minimum absolute atomic E-state index is 0.0155. The van der Waals surface area contributed by atoms with Gasteiger partial charge in [-0.15, -0.1) is 0 Å². The summed E-state index contributed by atoms with van der Waals surface area (Å²) in [6.45, 7) is 4.06. The van der Waals surface area contributed by atoms with Crippen molar-refractivity contribution >= 4 is 5.97 Å². The van der Waals surface area contributed by atoms with E-state index in [1.165, 1.54) is 18.2 Å².